The first-order chi connectivity index (χ1) is 8.08. The van der Waals surface area contributed by atoms with E-state index in [0.717, 1.165) is 0 Å². The van der Waals surface area contributed by atoms with E-state index in [9.17, 15) is 0 Å². The number of hydrogen-bond acceptors (Lipinski definition) is 1. The lowest BCUT2D eigenvalue weighted by atomic mass is 10.0. The van der Waals surface area contributed by atoms with E-state index in [1.54, 1.807) is 11.3 Å². The molecule has 1 heterocycles. The molecule has 0 fully saturated rings. The summed E-state index contributed by atoms with van der Waals surface area (Å²) in [6.45, 7) is 4.44. The van der Waals surface area contributed by atoms with Crippen molar-refractivity contribution in [2.45, 2.75) is 24.6 Å². The molecule has 0 N–H and O–H groups in total. The third-order valence-electron chi connectivity index (χ3n) is 2.74. The predicted molar refractivity (Wildman–Crippen MR) is 83.3 cm³/mol. The molecular formula is C14H14Br2S. The molecule has 1 aromatic heterocycles. The molecule has 0 aliphatic rings. The molecule has 1 aromatic carbocycles. The molecule has 0 saturated carbocycles. The summed E-state index contributed by atoms with van der Waals surface area (Å²) < 4.78 is 1.18. The Labute approximate surface area is 123 Å². The van der Waals surface area contributed by atoms with Crippen molar-refractivity contribution >= 4 is 43.2 Å². The van der Waals surface area contributed by atoms with Crippen LogP contribution >= 0.6 is 43.2 Å². The van der Waals surface area contributed by atoms with Gasteiger partial charge in [0.1, 0.15) is 0 Å². The fourth-order valence-electron chi connectivity index (χ4n) is 1.68. The first-order valence-electron chi connectivity index (χ1n) is 5.57. The highest BCUT2D eigenvalue weighted by Crippen LogP contribution is 2.37. The zero-order chi connectivity index (χ0) is 12.4. The molecule has 2 aromatic rings. The average Bonchev–Trinajstić information content (AvgIpc) is 2.75. The van der Waals surface area contributed by atoms with Gasteiger partial charge in [0.2, 0.25) is 0 Å². The summed E-state index contributed by atoms with van der Waals surface area (Å²) in [5, 5.41) is 0. The predicted octanol–water partition coefficient (Wildman–Crippen LogP) is 6.12. The molecule has 2 rings (SSSR count). The van der Waals surface area contributed by atoms with Gasteiger partial charge in [0.25, 0.3) is 0 Å². The second-order valence-electron chi connectivity index (χ2n) is 4.33. The fourth-order valence-corrected chi connectivity index (χ4v) is 3.85. The molecule has 0 aliphatic heterocycles. The topological polar surface area (TPSA) is 0 Å². The SMILES string of the molecule is CC(C)c1ccc(C(Br)c2ccc(Br)s2)cc1. The van der Waals surface area contributed by atoms with Crippen LogP contribution in [0.25, 0.3) is 0 Å². The maximum Gasteiger partial charge on any atom is 0.0738 e. The summed E-state index contributed by atoms with van der Waals surface area (Å²) in [5.74, 6) is 0.591. The number of benzene rings is 1. The van der Waals surface area contributed by atoms with Gasteiger partial charge in [-0.1, -0.05) is 54.0 Å². The van der Waals surface area contributed by atoms with Crippen molar-refractivity contribution in [1.29, 1.82) is 0 Å². The highest BCUT2D eigenvalue weighted by Gasteiger charge is 2.12. The van der Waals surface area contributed by atoms with Gasteiger partial charge in [-0.15, -0.1) is 11.3 Å². The summed E-state index contributed by atoms with van der Waals surface area (Å²) in [7, 11) is 0. The van der Waals surface area contributed by atoms with Gasteiger partial charge in [0.15, 0.2) is 0 Å². The summed E-state index contributed by atoms with van der Waals surface area (Å²) in [6, 6.07) is 13.1. The summed E-state index contributed by atoms with van der Waals surface area (Å²) >= 11 is 9.03. The summed E-state index contributed by atoms with van der Waals surface area (Å²) in [5.41, 5.74) is 2.70. The highest BCUT2D eigenvalue weighted by molar-refractivity contribution is 9.11. The largest absolute Gasteiger partial charge is 0.132 e. The number of rotatable bonds is 3. The maximum absolute atomic E-state index is 3.76. The molecule has 0 amide bonds. The molecule has 17 heavy (non-hydrogen) atoms. The van der Waals surface area contributed by atoms with Crippen LogP contribution in [0.5, 0.6) is 0 Å². The molecule has 0 aliphatic carbocycles. The summed E-state index contributed by atoms with van der Waals surface area (Å²) in [4.78, 5) is 1.62. The minimum absolute atomic E-state index is 0.292. The monoisotopic (exact) mass is 372 g/mol. The Morgan fingerprint density at radius 2 is 1.53 bits per heavy atom. The van der Waals surface area contributed by atoms with Crippen LogP contribution in [-0.4, -0.2) is 0 Å². The minimum atomic E-state index is 0.292. The quantitative estimate of drug-likeness (QED) is 0.568. The first kappa shape index (κ1) is 13.3. The van der Waals surface area contributed by atoms with E-state index in [2.05, 4.69) is 82.1 Å². The van der Waals surface area contributed by atoms with Crippen LogP contribution < -0.4 is 0 Å². The molecule has 3 heteroatoms. The van der Waals surface area contributed by atoms with E-state index < -0.39 is 0 Å². The zero-order valence-corrected chi connectivity index (χ0v) is 13.8. The Bertz CT molecular complexity index is 485. The van der Waals surface area contributed by atoms with Gasteiger partial charge in [-0.05, 0) is 45.1 Å². The van der Waals surface area contributed by atoms with E-state index in [0.29, 0.717) is 10.7 Å². The zero-order valence-electron chi connectivity index (χ0n) is 9.78. The standard InChI is InChI=1S/C14H14Br2S/c1-9(2)10-3-5-11(6-4-10)14(16)12-7-8-13(15)17-12/h3-9,14H,1-2H3. The van der Waals surface area contributed by atoms with Crippen molar-refractivity contribution in [3.8, 4) is 0 Å². The molecule has 1 unspecified atom stereocenters. The van der Waals surface area contributed by atoms with E-state index in [1.165, 1.54) is 19.8 Å². The normalized spacial score (nSPS) is 13.0. The Morgan fingerprint density at radius 3 is 2.00 bits per heavy atom. The van der Waals surface area contributed by atoms with Crippen molar-refractivity contribution in [2.75, 3.05) is 0 Å². The van der Waals surface area contributed by atoms with Crippen molar-refractivity contribution < 1.29 is 0 Å². The molecule has 0 spiro atoms. The van der Waals surface area contributed by atoms with Crippen molar-refractivity contribution in [2.24, 2.45) is 0 Å². The van der Waals surface area contributed by atoms with E-state index in [4.69, 9.17) is 0 Å². The minimum Gasteiger partial charge on any atom is -0.132 e. The van der Waals surface area contributed by atoms with E-state index >= 15 is 0 Å². The third kappa shape index (κ3) is 3.21. The van der Waals surface area contributed by atoms with Crippen molar-refractivity contribution in [1.82, 2.24) is 0 Å². The van der Waals surface area contributed by atoms with E-state index in [-0.39, 0.29) is 0 Å². The molecule has 0 bridgehead atoms. The number of alkyl halides is 1. The maximum atomic E-state index is 3.76. The highest BCUT2D eigenvalue weighted by atomic mass is 79.9. The number of halogens is 2. The van der Waals surface area contributed by atoms with Crippen LogP contribution in [0.2, 0.25) is 0 Å². The van der Waals surface area contributed by atoms with Gasteiger partial charge in [-0.25, -0.2) is 0 Å². The van der Waals surface area contributed by atoms with Crippen LogP contribution in [0.15, 0.2) is 40.2 Å². The van der Waals surface area contributed by atoms with Crippen LogP contribution in [0.3, 0.4) is 0 Å². The van der Waals surface area contributed by atoms with E-state index in [1.807, 2.05) is 0 Å². The Kier molecular flexibility index (Phi) is 4.45. The average molecular weight is 374 g/mol. The van der Waals surface area contributed by atoms with Gasteiger partial charge in [-0.3, -0.25) is 0 Å². The van der Waals surface area contributed by atoms with Crippen molar-refractivity contribution in [3.05, 3.63) is 56.2 Å². The molecule has 0 nitrogen and oxygen atoms in total. The number of thiophene rings is 1. The van der Waals surface area contributed by atoms with Crippen LogP contribution in [0, 0.1) is 0 Å². The van der Waals surface area contributed by atoms with Gasteiger partial charge in [0.05, 0.1) is 8.61 Å². The Balaban J connectivity index is 2.22. The molecule has 0 radical (unpaired) electrons. The molecule has 90 valence electrons. The Hall–Kier alpha value is -0.120. The van der Waals surface area contributed by atoms with Gasteiger partial charge >= 0.3 is 0 Å². The van der Waals surface area contributed by atoms with Crippen molar-refractivity contribution in [3.63, 3.8) is 0 Å². The Morgan fingerprint density at radius 1 is 0.941 bits per heavy atom. The second-order valence-corrected chi connectivity index (χ2v) is 7.74. The van der Waals surface area contributed by atoms with Crippen LogP contribution in [-0.2, 0) is 0 Å². The molecule has 1 atom stereocenters. The second kappa shape index (κ2) is 5.68. The van der Waals surface area contributed by atoms with Gasteiger partial charge < -0.3 is 0 Å². The summed E-state index contributed by atoms with van der Waals surface area (Å²) in [6.07, 6.45) is 0. The number of hydrogen-bond donors (Lipinski definition) is 0. The lowest BCUT2D eigenvalue weighted by molar-refractivity contribution is 0.865. The lowest BCUT2D eigenvalue weighted by Gasteiger charge is -2.10. The third-order valence-corrected chi connectivity index (χ3v) is 5.75. The smallest absolute Gasteiger partial charge is 0.0738 e. The molecular weight excluding hydrogens is 360 g/mol. The van der Waals surface area contributed by atoms with Gasteiger partial charge in [0, 0.05) is 4.88 Å². The lowest BCUT2D eigenvalue weighted by Crippen LogP contribution is -1.92. The first-order valence-corrected chi connectivity index (χ1v) is 8.09. The van der Waals surface area contributed by atoms with Gasteiger partial charge in [-0.2, -0.15) is 0 Å². The van der Waals surface area contributed by atoms with Crippen LogP contribution in [0.1, 0.15) is 40.6 Å². The fraction of sp³-hybridized carbons (Fsp3) is 0.286. The molecule has 0 saturated heterocycles. The van der Waals surface area contributed by atoms with Crippen LogP contribution in [0.4, 0.5) is 0 Å².